The van der Waals surface area contributed by atoms with Crippen LogP contribution in [0.1, 0.15) is 17.0 Å². The first kappa shape index (κ1) is 16.4. The number of nitrogens with zero attached hydrogens (tertiary/aromatic N) is 6. The van der Waals surface area contributed by atoms with Gasteiger partial charge < -0.3 is 4.74 Å². The molecule has 3 heterocycles. The predicted octanol–water partition coefficient (Wildman–Crippen LogP) is 3.66. The zero-order chi connectivity index (χ0) is 19.1. The molecular formula is C21H18N6O. The highest BCUT2D eigenvalue weighted by Gasteiger charge is 2.14. The summed E-state index contributed by atoms with van der Waals surface area (Å²) >= 11 is 0. The Labute approximate surface area is 161 Å². The molecule has 0 radical (unpaired) electrons. The number of hydrogen-bond acceptors (Lipinski definition) is 5. The molecule has 7 heteroatoms. The molecule has 0 N–H and O–H groups in total. The van der Waals surface area contributed by atoms with Gasteiger partial charge in [0.15, 0.2) is 17.1 Å². The van der Waals surface area contributed by atoms with Crippen molar-refractivity contribution in [3.63, 3.8) is 0 Å². The molecule has 0 aliphatic rings. The molecule has 0 aliphatic heterocycles. The lowest BCUT2D eigenvalue weighted by Gasteiger charge is -2.05. The summed E-state index contributed by atoms with van der Waals surface area (Å²) in [5.74, 6) is 1.43. The molecule has 2 aromatic carbocycles. The Morgan fingerprint density at radius 2 is 1.79 bits per heavy atom. The summed E-state index contributed by atoms with van der Waals surface area (Å²) in [6.45, 7) is 4.36. The molecule has 5 aromatic rings. The second kappa shape index (κ2) is 6.45. The lowest BCUT2D eigenvalue weighted by atomic mass is 10.2. The summed E-state index contributed by atoms with van der Waals surface area (Å²) in [4.78, 5) is 9.17. The molecule has 28 heavy (non-hydrogen) atoms. The van der Waals surface area contributed by atoms with Crippen LogP contribution in [-0.4, -0.2) is 29.4 Å². The Bertz CT molecular complexity index is 1290. The molecule has 0 aliphatic carbocycles. The van der Waals surface area contributed by atoms with Crippen LogP contribution in [0, 0.1) is 13.8 Å². The van der Waals surface area contributed by atoms with E-state index in [0.29, 0.717) is 18.1 Å². The van der Waals surface area contributed by atoms with Gasteiger partial charge in [-0.1, -0.05) is 35.9 Å². The average Bonchev–Trinajstić information content (AvgIpc) is 3.31. The summed E-state index contributed by atoms with van der Waals surface area (Å²) in [5.41, 5.74) is 4.70. The third kappa shape index (κ3) is 2.77. The Balaban J connectivity index is 1.50. The van der Waals surface area contributed by atoms with Crippen molar-refractivity contribution >= 4 is 16.7 Å². The smallest absolute Gasteiger partial charge is 0.189 e. The van der Waals surface area contributed by atoms with Crippen molar-refractivity contribution in [2.45, 2.75) is 20.5 Å². The van der Waals surface area contributed by atoms with E-state index in [2.05, 4.69) is 39.2 Å². The molecule has 138 valence electrons. The number of rotatable bonds is 4. The van der Waals surface area contributed by atoms with Gasteiger partial charge in [0.1, 0.15) is 18.7 Å². The summed E-state index contributed by atoms with van der Waals surface area (Å²) in [5, 5.41) is 9.83. The van der Waals surface area contributed by atoms with Gasteiger partial charge in [0.25, 0.3) is 0 Å². The maximum Gasteiger partial charge on any atom is 0.189 e. The van der Waals surface area contributed by atoms with E-state index in [0.717, 1.165) is 28.0 Å². The number of para-hydroxylation sites is 1. The van der Waals surface area contributed by atoms with Gasteiger partial charge >= 0.3 is 0 Å². The molecule has 5 rings (SSSR count). The van der Waals surface area contributed by atoms with E-state index in [-0.39, 0.29) is 0 Å². The van der Waals surface area contributed by atoms with Gasteiger partial charge in [-0.05, 0) is 37.6 Å². The standard InChI is InChI=1S/C21H18N6O/c1-14-7-9-16(10-8-14)27-20-17(11-23-27)21-24-19(25-26(21)13-22-20)12-28-18-6-4-3-5-15(18)2/h3-11,13H,12H2,1-2H3. The summed E-state index contributed by atoms with van der Waals surface area (Å²) in [7, 11) is 0. The molecule has 3 aromatic heterocycles. The first-order valence-corrected chi connectivity index (χ1v) is 9.02. The highest BCUT2D eigenvalue weighted by molar-refractivity contribution is 5.89. The minimum atomic E-state index is 0.292. The van der Waals surface area contributed by atoms with Gasteiger partial charge in [-0.25, -0.2) is 19.2 Å². The predicted molar refractivity (Wildman–Crippen MR) is 106 cm³/mol. The lowest BCUT2D eigenvalue weighted by Crippen LogP contribution is -2.00. The summed E-state index contributed by atoms with van der Waals surface area (Å²) in [6.07, 6.45) is 3.44. The van der Waals surface area contributed by atoms with Crippen LogP contribution in [0.3, 0.4) is 0 Å². The maximum absolute atomic E-state index is 5.87. The molecule has 0 saturated carbocycles. The van der Waals surface area contributed by atoms with Crippen LogP contribution >= 0.6 is 0 Å². The van der Waals surface area contributed by atoms with Gasteiger partial charge in [0.05, 0.1) is 17.3 Å². The number of ether oxygens (including phenoxy) is 1. The quantitative estimate of drug-likeness (QED) is 0.483. The minimum Gasteiger partial charge on any atom is -0.485 e. The van der Waals surface area contributed by atoms with Crippen LogP contribution in [0.4, 0.5) is 0 Å². The van der Waals surface area contributed by atoms with Gasteiger partial charge in [-0.2, -0.15) is 5.10 Å². The first-order valence-electron chi connectivity index (χ1n) is 9.02. The van der Waals surface area contributed by atoms with E-state index < -0.39 is 0 Å². The molecule has 0 fully saturated rings. The number of fused-ring (bicyclic) bond motifs is 3. The van der Waals surface area contributed by atoms with E-state index in [1.54, 1.807) is 17.0 Å². The summed E-state index contributed by atoms with van der Waals surface area (Å²) in [6, 6.07) is 16.1. The molecule has 7 nitrogen and oxygen atoms in total. The summed E-state index contributed by atoms with van der Waals surface area (Å²) < 4.78 is 9.35. The van der Waals surface area contributed by atoms with Crippen molar-refractivity contribution in [2.24, 2.45) is 0 Å². The highest BCUT2D eigenvalue weighted by atomic mass is 16.5. The molecular weight excluding hydrogens is 352 g/mol. The number of benzene rings is 2. The number of aryl methyl sites for hydroxylation is 2. The fourth-order valence-corrected chi connectivity index (χ4v) is 3.16. The fourth-order valence-electron chi connectivity index (χ4n) is 3.16. The van der Waals surface area contributed by atoms with Crippen LogP contribution in [-0.2, 0) is 6.61 Å². The third-order valence-corrected chi connectivity index (χ3v) is 4.68. The van der Waals surface area contributed by atoms with Crippen molar-refractivity contribution < 1.29 is 4.74 Å². The Morgan fingerprint density at radius 1 is 0.964 bits per heavy atom. The Hall–Kier alpha value is -3.74. The number of hydrogen-bond donors (Lipinski definition) is 0. The fraction of sp³-hybridized carbons (Fsp3) is 0.143. The average molecular weight is 370 g/mol. The van der Waals surface area contributed by atoms with E-state index >= 15 is 0 Å². The van der Waals surface area contributed by atoms with Gasteiger partial charge in [-0.15, -0.1) is 5.10 Å². The van der Waals surface area contributed by atoms with Crippen LogP contribution in [0.15, 0.2) is 61.1 Å². The zero-order valence-corrected chi connectivity index (χ0v) is 15.6. The van der Waals surface area contributed by atoms with Crippen LogP contribution < -0.4 is 4.74 Å². The molecule has 0 amide bonds. The van der Waals surface area contributed by atoms with Crippen molar-refractivity contribution in [3.05, 3.63) is 78.0 Å². The normalized spacial score (nSPS) is 11.4. The maximum atomic E-state index is 5.87. The van der Waals surface area contributed by atoms with Crippen molar-refractivity contribution in [3.8, 4) is 11.4 Å². The Kier molecular flexibility index (Phi) is 3.79. The van der Waals surface area contributed by atoms with Crippen LogP contribution in [0.2, 0.25) is 0 Å². The molecule has 0 saturated heterocycles. The van der Waals surface area contributed by atoms with Crippen LogP contribution in [0.5, 0.6) is 5.75 Å². The topological polar surface area (TPSA) is 70.1 Å². The van der Waals surface area contributed by atoms with Crippen molar-refractivity contribution in [1.29, 1.82) is 0 Å². The monoisotopic (exact) mass is 370 g/mol. The van der Waals surface area contributed by atoms with Crippen molar-refractivity contribution in [1.82, 2.24) is 29.4 Å². The largest absolute Gasteiger partial charge is 0.485 e. The number of aromatic nitrogens is 6. The minimum absolute atomic E-state index is 0.292. The van der Waals surface area contributed by atoms with Gasteiger partial charge in [0, 0.05) is 0 Å². The lowest BCUT2D eigenvalue weighted by molar-refractivity contribution is 0.294. The second-order valence-electron chi connectivity index (χ2n) is 6.72. The Morgan fingerprint density at radius 3 is 2.61 bits per heavy atom. The third-order valence-electron chi connectivity index (χ3n) is 4.68. The van der Waals surface area contributed by atoms with E-state index in [4.69, 9.17) is 4.74 Å². The van der Waals surface area contributed by atoms with Gasteiger partial charge in [-0.3, -0.25) is 0 Å². The van der Waals surface area contributed by atoms with Crippen molar-refractivity contribution in [2.75, 3.05) is 0 Å². The molecule has 0 atom stereocenters. The highest BCUT2D eigenvalue weighted by Crippen LogP contribution is 2.21. The molecule has 0 bridgehead atoms. The SMILES string of the molecule is Cc1ccc(-n2ncc3c2ncn2nc(COc4ccccc4C)nc32)cc1. The van der Waals surface area contributed by atoms with Crippen LogP contribution in [0.25, 0.3) is 22.4 Å². The first-order chi connectivity index (χ1) is 13.7. The molecule has 0 spiro atoms. The second-order valence-corrected chi connectivity index (χ2v) is 6.72. The molecule has 0 unspecified atom stereocenters. The zero-order valence-electron chi connectivity index (χ0n) is 15.6. The van der Waals surface area contributed by atoms with E-state index in [1.807, 2.05) is 48.0 Å². The van der Waals surface area contributed by atoms with E-state index in [9.17, 15) is 0 Å². The van der Waals surface area contributed by atoms with Gasteiger partial charge in [0.2, 0.25) is 0 Å². The van der Waals surface area contributed by atoms with E-state index in [1.165, 1.54) is 5.56 Å².